The Bertz CT molecular complexity index is 335. The zero-order valence-corrected chi connectivity index (χ0v) is 10.0. The molecule has 0 spiro atoms. The average molecular weight is 233 g/mol. The van der Waals surface area contributed by atoms with Crippen LogP contribution >= 0.6 is 0 Å². The van der Waals surface area contributed by atoms with E-state index in [2.05, 4.69) is 10.3 Å². The summed E-state index contributed by atoms with van der Waals surface area (Å²) in [6.07, 6.45) is 1.46. The molecule has 1 rings (SSSR count). The number of aliphatic imine (C=N–C) groups is 1. The number of hydrogen-bond acceptors (Lipinski definition) is 3. The predicted octanol–water partition coefficient (Wildman–Crippen LogP) is -0.124. The van der Waals surface area contributed by atoms with Gasteiger partial charge in [-0.2, -0.15) is 0 Å². The average Bonchev–Trinajstić information content (AvgIpc) is 2.40. The first-order chi connectivity index (χ1) is 6.92. The van der Waals surface area contributed by atoms with Gasteiger partial charge in [0.05, 0.1) is 17.5 Å². The molecule has 1 aliphatic heterocycles. The van der Waals surface area contributed by atoms with Crippen molar-refractivity contribution in [1.82, 2.24) is 5.32 Å². The van der Waals surface area contributed by atoms with Crippen molar-refractivity contribution >= 4 is 15.8 Å². The maximum Gasteiger partial charge on any atom is 0.188 e. The first-order valence-corrected chi connectivity index (χ1v) is 6.91. The minimum Gasteiger partial charge on any atom is -0.370 e. The van der Waals surface area contributed by atoms with Crippen molar-refractivity contribution in [1.29, 1.82) is 0 Å². The van der Waals surface area contributed by atoms with Crippen LogP contribution in [-0.4, -0.2) is 38.0 Å². The van der Waals surface area contributed by atoms with Gasteiger partial charge >= 0.3 is 0 Å². The van der Waals surface area contributed by atoms with Crippen LogP contribution in [0.1, 0.15) is 26.7 Å². The quantitative estimate of drug-likeness (QED) is 0.525. The molecule has 0 aliphatic carbocycles. The van der Waals surface area contributed by atoms with Gasteiger partial charge < -0.3 is 11.1 Å². The topological polar surface area (TPSA) is 84.5 Å². The molecular weight excluding hydrogens is 214 g/mol. The van der Waals surface area contributed by atoms with Crippen LogP contribution in [0.2, 0.25) is 0 Å². The smallest absolute Gasteiger partial charge is 0.188 e. The lowest BCUT2D eigenvalue weighted by Crippen LogP contribution is -2.37. The van der Waals surface area contributed by atoms with Gasteiger partial charge in [-0.05, 0) is 26.7 Å². The fourth-order valence-electron chi connectivity index (χ4n) is 1.60. The van der Waals surface area contributed by atoms with E-state index in [0.29, 0.717) is 18.1 Å². The van der Waals surface area contributed by atoms with E-state index in [-0.39, 0.29) is 17.8 Å². The van der Waals surface area contributed by atoms with Crippen molar-refractivity contribution in [2.75, 3.05) is 12.3 Å². The Labute approximate surface area is 91.1 Å². The molecule has 1 unspecified atom stereocenters. The largest absolute Gasteiger partial charge is 0.370 e. The molecule has 0 aromatic heterocycles. The second-order valence-electron chi connectivity index (χ2n) is 4.16. The molecule has 1 fully saturated rings. The van der Waals surface area contributed by atoms with E-state index < -0.39 is 9.84 Å². The van der Waals surface area contributed by atoms with E-state index in [1.807, 2.05) is 13.8 Å². The highest BCUT2D eigenvalue weighted by Crippen LogP contribution is 2.19. The Balaban J connectivity index is 2.49. The van der Waals surface area contributed by atoms with Crippen molar-refractivity contribution < 1.29 is 8.42 Å². The minimum absolute atomic E-state index is 0.217. The van der Waals surface area contributed by atoms with Gasteiger partial charge in [0.25, 0.3) is 0 Å². The number of nitrogens with two attached hydrogens (primary N) is 1. The summed E-state index contributed by atoms with van der Waals surface area (Å²) >= 11 is 0. The van der Waals surface area contributed by atoms with Crippen molar-refractivity contribution in [3.63, 3.8) is 0 Å². The van der Waals surface area contributed by atoms with Crippen LogP contribution in [0.3, 0.4) is 0 Å². The summed E-state index contributed by atoms with van der Waals surface area (Å²) in [5, 5.41) is 2.60. The molecule has 0 amide bonds. The number of nitrogens with one attached hydrogen (secondary N) is 1. The Kier molecular flexibility index (Phi) is 3.96. The third kappa shape index (κ3) is 3.70. The fourth-order valence-corrected chi connectivity index (χ4v) is 3.33. The van der Waals surface area contributed by atoms with Gasteiger partial charge in [-0.3, -0.25) is 4.99 Å². The fraction of sp³-hybridized carbons (Fsp3) is 0.889. The highest BCUT2D eigenvalue weighted by molar-refractivity contribution is 7.92. The summed E-state index contributed by atoms with van der Waals surface area (Å²) in [5.41, 5.74) is 5.59. The molecular formula is C9H19N3O2S. The molecule has 3 N–H and O–H groups in total. The molecule has 6 heteroatoms. The first-order valence-electron chi connectivity index (χ1n) is 5.20. The van der Waals surface area contributed by atoms with Gasteiger partial charge in [-0.15, -0.1) is 0 Å². The maximum absolute atomic E-state index is 11.5. The van der Waals surface area contributed by atoms with Crippen LogP contribution in [-0.2, 0) is 9.84 Å². The molecule has 1 atom stereocenters. The molecule has 0 bridgehead atoms. The zero-order valence-electron chi connectivity index (χ0n) is 9.23. The normalized spacial score (nSPS) is 25.8. The van der Waals surface area contributed by atoms with Crippen LogP contribution in [0.4, 0.5) is 0 Å². The van der Waals surface area contributed by atoms with Gasteiger partial charge in [0.15, 0.2) is 15.8 Å². The Morgan fingerprint density at radius 1 is 1.60 bits per heavy atom. The third-order valence-electron chi connectivity index (χ3n) is 2.36. The Morgan fingerprint density at radius 2 is 2.27 bits per heavy atom. The van der Waals surface area contributed by atoms with E-state index in [9.17, 15) is 8.42 Å². The molecule has 15 heavy (non-hydrogen) atoms. The van der Waals surface area contributed by atoms with Crippen molar-refractivity contribution in [2.45, 2.75) is 38.0 Å². The third-order valence-corrected chi connectivity index (χ3v) is 4.62. The van der Waals surface area contributed by atoms with E-state index in [0.717, 1.165) is 6.42 Å². The van der Waals surface area contributed by atoms with Gasteiger partial charge in [0.2, 0.25) is 0 Å². The van der Waals surface area contributed by atoms with E-state index in [1.165, 1.54) is 0 Å². The van der Waals surface area contributed by atoms with Crippen molar-refractivity contribution in [2.24, 2.45) is 10.7 Å². The molecule has 88 valence electrons. The van der Waals surface area contributed by atoms with Crippen LogP contribution in [0.15, 0.2) is 4.99 Å². The molecule has 1 aliphatic rings. The molecule has 5 nitrogen and oxygen atoms in total. The lowest BCUT2D eigenvalue weighted by Gasteiger charge is -2.10. The van der Waals surface area contributed by atoms with Crippen molar-refractivity contribution in [3.8, 4) is 0 Å². The molecule has 0 aromatic rings. The number of sulfone groups is 1. The monoisotopic (exact) mass is 233 g/mol. The first kappa shape index (κ1) is 12.3. The maximum atomic E-state index is 11.5. The van der Waals surface area contributed by atoms with Crippen LogP contribution in [0.25, 0.3) is 0 Å². The number of nitrogens with zero attached hydrogens (tertiary/aromatic N) is 1. The minimum atomic E-state index is -2.90. The SMILES string of the molecule is CC(C)NC(N)=NCC1CCCS1(=O)=O. The van der Waals surface area contributed by atoms with Gasteiger partial charge in [-0.1, -0.05) is 0 Å². The molecule has 1 heterocycles. The van der Waals surface area contributed by atoms with E-state index >= 15 is 0 Å². The second kappa shape index (κ2) is 4.83. The summed E-state index contributed by atoms with van der Waals surface area (Å²) in [4.78, 5) is 4.05. The number of guanidine groups is 1. The van der Waals surface area contributed by atoms with Gasteiger partial charge in [0.1, 0.15) is 0 Å². The molecule has 0 aromatic carbocycles. The summed E-state index contributed by atoms with van der Waals surface area (Å²) in [6.45, 7) is 4.19. The number of hydrogen-bond donors (Lipinski definition) is 2. The Morgan fingerprint density at radius 3 is 2.73 bits per heavy atom. The van der Waals surface area contributed by atoms with Crippen molar-refractivity contribution in [3.05, 3.63) is 0 Å². The lowest BCUT2D eigenvalue weighted by molar-refractivity contribution is 0.589. The van der Waals surface area contributed by atoms with E-state index in [4.69, 9.17) is 5.73 Å². The van der Waals surface area contributed by atoms with Crippen LogP contribution < -0.4 is 11.1 Å². The van der Waals surface area contributed by atoms with Gasteiger partial charge in [-0.25, -0.2) is 8.42 Å². The summed E-state index contributed by atoms with van der Waals surface area (Å²) in [5.74, 6) is 0.622. The second-order valence-corrected chi connectivity index (χ2v) is 6.56. The lowest BCUT2D eigenvalue weighted by atomic mass is 10.2. The summed E-state index contributed by atoms with van der Waals surface area (Å²) in [6, 6.07) is 0.217. The van der Waals surface area contributed by atoms with Crippen LogP contribution in [0.5, 0.6) is 0 Å². The molecule has 0 saturated carbocycles. The standard InChI is InChI=1S/C9H19N3O2S/c1-7(2)12-9(10)11-6-8-4-3-5-15(8,13)14/h7-8H,3-6H2,1-2H3,(H3,10,11,12). The summed E-state index contributed by atoms with van der Waals surface area (Å²) in [7, 11) is -2.90. The summed E-state index contributed by atoms with van der Waals surface area (Å²) < 4.78 is 22.9. The highest BCUT2D eigenvalue weighted by Gasteiger charge is 2.30. The van der Waals surface area contributed by atoms with Crippen LogP contribution in [0, 0.1) is 0 Å². The highest BCUT2D eigenvalue weighted by atomic mass is 32.2. The zero-order chi connectivity index (χ0) is 11.5. The Hall–Kier alpha value is -0.780. The predicted molar refractivity (Wildman–Crippen MR) is 61.6 cm³/mol. The van der Waals surface area contributed by atoms with Gasteiger partial charge in [0, 0.05) is 6.04 Å². The molecule has 0 radical (unpaired) electrons. The van der Waals surface area contributed by atoms with E-state index in [1.54, 1.807) is 0 Å². The number of rotatable bonds is 3. The molecule has 1 saturated heterocycles.